The highest BCUT2D eigenvalue weighted by atomic mass is 32.1. The first kappa shape index (κ1) is 20.3. The highest BCUT2D eigenvalue weighted by Gasteiger charge is 2.30. The number of nitrogens with one attached hydrogen (secondary N) is 1. The van der Waals surface area contributed by atoms with Crippen LogP contribution in [-0.2, 0) is 22.6 Å². The van der Waals surface area contributed by atoms with Gasteiger partial charge in [-0.2, -0.15) is 0 Å². The molecule has 1 N–H and O–H groups in total. The van der Waals surface area contributed by atoms with E-state index in [-0.39, 0.29) is 17.7 Å². The van der Waals surface area contributed by atoms with Crippen molar-refractivity contribution < 1.29 is 14.3 Å². The number of hydrogen-bond acceptors (Lipinski definition) is 5. The Morgan fingerprint density at radius 2 is 2.29 bits per heavy atom. The van der Waals surface area contributed by atoms with Gasteiger partial charge in [0.15, 0.2) is 0 Å². The van der Waals surface area contributed by atoms with Crippen LogP contribution >= 0.6 is 11.3 Å². The van der Waals surface area contributed by atoms with E-state index in [1.165, 1.54) is 4.88 Å². The highest BCUT2D eigenvalue weighted by Crippen LogP contribution is 2.22. The smallest absolute Gasteiger partial charge is 0.224 e. The average Bonchev–Trinajstić information content (AvgIpc) is 3.11. The molecule has 0 radical (unpaired) electrons. The molecule has 0 bridgehead atoms. The molecule has 0 spiro atoms. The highest BCUT2D eigenvalue weighted by molar-refractivity contribution is 7.09. The molecule has 1 aromatic carbocycles. The Morgan fingerprint density at radius 1 is 1.43 bits per heavy atom. The molecule has 2 amide bonds. The fraction of sp³-hybridized carbons (Fsp3) is 0.476. The number of piperidine rings is 1. The molecule has 150 valence electrons. The van der Waals surface area contributed by atoms with Gasteiger partial charge in [-0.15, -0.1) is 11.3 Å². The van der Waals surface area contributed by atoms with E-state index in [0.29, 0.717) is 32.5 Å². The minimum absolute atomic E-state index is 0.0455. The van der Waals surface area contributed by atoms with Crippen molar-refractivity contribution in [3.63, 3.8) is 0 Å². The Hall–Kier alpha value is -2.41. The predicted molar refractivity (Wildman–Crippen MR) is 109 cm³/mol. The lowest BCUT2D eigenvalue weighted by molar-refractivity contribution is -0.138. The van der Waals surface area contributed by atoms with E-state index >= 15 is 0 Å². The van der Waals surface area contributed by atoms with Gasteiger partial charge in [-0.05, 0) is 43.9 Å². The van der Waals surface area contributed by atoms with Crippen molar-refractivity contribution in [3.8, 4) is 5.75 Å². The first-order chi connectivity index (χ1) is 13.6. The molecule has 7 heteroatoms. The van der Waals surface area contributed by atoms with Crippen molar-refractivity contribution in [1.82, 2.24) is 15.2 Å². The second-order valence-electron chi connectivity index (χ2n) is 7.12. The van der Waals surface area contributed by atoms with Gasteiger partial charge in [-0.3, -0.25) is 9.59 Å². The molecule has 2 aromatic rings. The summed E-state index contributed by atoms with van der Waals surface area (Å²) in [5, 5.41) is 3.04. The number of ether oxygens (including phenoxy) is 1. The van der Waals surface area contributed by atoms with Gasteiger partial charge in [0.2, 0.25) is 11.8 Å². The third-order valence-corrected chi connectivity index (χ3v) is 6.10. The predicted octanol–water partition coefficient (Wildman–Crippen LogP) is 2.95. The third-order valence-electron chi connectivity index (χ3n) is 5.10. The molecule has 1 aromatic heterocycles. The monoisotopic (exact) mass is 401 g/mol. The molecule has 6 nitrogen and oxygen atoms in total. The van der Waals surface area contributed by atoms with Crippen molar-refractivity contribution in [3.05, 3.63) is 45.9 Å². The van der Waals surface area contributed by atoms with E-state index in [9.17, 15) is 9.59 Å². The average molecular weight is 402 g/mol. The van der Waals surface area contributed by atoms with Crippen LogP contribution < -0.4 is 10.1 Å². The van der Waals surface area contributed by atoms with Crippen molar-refractivity contribution in [1.29, 1.82) is 0 Å². The van der Waals surface area contributed by atoms with Crippen LogP contribution in [0.1, 0.15) is 35.4 Å². The maximum absolute atomic E-state index is 12.6. The molecular formula is C21H27N3O3S. The van der Waals surface area contributed by atoms with Crippen LogP contribution in [0.25, 0.3) is 0 Å². The SMILES string of the molecule is COc1cccc(CN2CC(C(=O)NCCCc3scnc3C)CCC2=O)c1. The number of carbonyl (C=O) groups excluding carboxylic acids is 2. The van der Waals surface area contributed by atoms with Gasteiger partial charge in [0.05, 0.1) is 24.2 Å². The summed E-state index contributed by atoms with van der Waals surface area (Å²) in [6.07, 6.45) is 2.87. The van der Waals surface area contributed by atoms with E-state index in [1.54, 1.807) is 23.3 Å². The van der Waals surface area contributed by atoms with Crippen LogP contribution in [0, 0.1) is 12.8 Å². The molecule has 1 atom stereocenters. The molecule has 2 heterocycles. The second-order valence-corrected chi connectivity index (χ2v) is 8.06. The molecule has 0 saturated carbocycles. The second kappa shape index (κ2) is 9.68. The van der Waals surface area contributed by atoms with Crippen LogP contribution in [0.2, 0.25) is 0 Å². The Labute approximate surface area is 169 Å². The summed E-state index contributed by atoms with van der Waals surface area (Å²) in [4.78, 5) is 32.2. The van der Waals surface area contributed by atoms with Gasteiger partial charge in [-0.1, -0.05) is 12.1 Å². The van der Waals surface area contributed by atoms with Crippen molar-refractivity contribution in [2.24, 2.45) is 5.92 Å². The van der Waals surface area contributed by atoms with Gasteiger partial charge < -0.3 is 15.0 Å². The molecule has 1 fully saturated rings. The van der Waals surface area contributed by atoms with E-state index in [1.807, 2.05) is 36.7 Å². The Morgan fingerprint density at radius 3 is 3.04 bits per heavy atom. The van der Waals surface area contributed by atoms with Crippen LogP contribution in [0.3, 0.4) is 0 Å². The largest absolute Gasteiger partial charge is 0.497 e. The standard InChI is InChI=1S/C21H27N3O3S/c1-15-19(28-14-23-15)7-4-10-22-21(26)17-8-9-20(25)24(13-17)12-16-5-3-6-18(11-16)27-2/h3,5-6,11,14,17H,4,7-10,12-13H2,1-2H3,(H,22,26). The van der Waals surface area contributed by atoms with Crippen molar-refractivity contribution in [2.75, 3.05) is 20.2 Å². The summed E-state index contributed by atoms with van der Waals surface area (Å²) < 4.78 is 5.25. The van der Waals surface area contributed by atoms with Crippen molar-refractivity contribution >= 4 is 23.2 Å². The number of nitrogens with zero attached hydrogens (tertiary/aromatic N) is 2. The zero-order chi connectivity index (χ0) is 19.9. The minimum Gasteiger partial charge on any atom is -0.497 e. The summed E-state index contributed by atoms with van der Waals surface area (Å²) in [5.41, 5.74) is 3.95. The lowest BCUT2D eigenvalue weighted by Crippen LogP contribution is -2.45. The third kappa shape index (κ3) is 5.32. The first-order valence-electron chi connectivity index (χ1n) is 9.64. The topological polar surface area (TPSA) is 71.5 Å². The van der Waals surface area contributed by atoms with Gasteiger partial charge >= 0.3 is 0 Å². The maximum Gasteiger partial charge on any atom is 0.224 e. The van der Waals surface area contributed by atoms with Crippen LogP contribution in [0.5, 0.6) is 5.75 Å². The normalized spacial score (nSPS) is 16.9. The molecule has 28 heavy (non-hydrogen) atoms. The van der Waals surface area contributed by atoms with E-state index in [2.05, 4.69) is 10.3 Å². The number of methoxy groups -OCH3 is 1. The van der Waals surface area contributed by atoms with Gasteiger partial charge in [0.25, 0.3) is 0 Å². The summed E-state index contributed by atoms with van der Waals surface area (Å²) in [6.45, 7) is 3.64. The van der Waals surface area contributed by atoms with Crippen molar-refractivity contribution in [2.45, 2.75) is 39.2 Å². The Balaban J connectivity index is 1.48. The molecule has 1 aliphatic heterocycles. The number of likely N-dealkylation sites (tertiary alicyclic amines) is 1. The zero-order valence-corrected chi connectivity index (χ0v) is 17.3. The fourth-order valence-corrected chi connectivity index (χ4v) is 4.27. The molecule has 0 aliphatic carbocycles. The number of amides is 2. The number of benzene rings is 1. The number of aryl methyl sites for hydroxylation is 2. The van der Waals surface area contributed by atoms with Gasteiger partial charge in [0, 0.05) is 30.9 Å². The van der Waals surface area contributed by atoms with Crippen LogP contribution in [0.4, 0.5) is 0 Å². The van der Waals surface area contributed by atoms with Gasteiger partial charge in [0.1, 0.15) is 5.75 Å². The number of aromatic nitrogens is 1. The van der Waals surface area contributed by atoms with E-state index in [4.69, 9.17) is 4.74 Å². The van der Waals surface area contributed by atoms with E-state index in [0.717, 1.165) is 29.8 Å². The summed E-state index contributed by atoms with van der Waals surface area (Å²) >= 11 is 1.66. The molecule has 1 unspecified atom stereocenters. The fourth-order valence-electron chi connectivity index (χ4n) is 3.44. The lowest BCUT2D eigenvalue weighted by Gasteiger charge is -2.32. The number of thiazole rings is 1. The van der Waals surface area contributed by atoms with Gasteiger partial charge in [-0.25, -0.2) is 4.98 Å². The quantitative estimate of drug-likeness (QED) is 0.691. The van der Waals surface area contributed by atoms with E-state index < -0.39 is 0 Å². The maximum atomic E-state index is 12.6. The first-order valence-corrected chi connectivity index (χ1v) is 10.5. The zero-order valence-electron chi connectivity index (χ0n) is 16.4. The number of rotatable bonds is 8. The summed E-state index contributed by atoms with van der Waals surface area (Å²) in [6, 6.07) is 7.70. The lowest BCUT2D eigenvalue weighted by atomic mass is 9.96. The summed E-state index contributed by atoms with van der Waals surface area (Å²) in [7, 11) is 1.63. The van der Waals surface area contributed by atoms with Crippen LogP contribution in [-0.4, -0.2) is 41.9 Å². The Bertz CT molecular complexity index is 821. The molecule has 1 aliphatic rings. The Kier molecular flexibility index (Phi) is 7.03. The van der Waals surface area contributed by atoms with Crippen LogP contribution in [0.15, 0.2) is 29.8 Å². The molecule has 1 saturated heterocycles. The number of carbonyl (C=O) groups is 2. The molecule has 3 rings (SSSR count). The molecular weight excluding hydrogens is 374 g/mol. The minimum atomic E-state index is -0.145. The summed E-state index contributed by atoms with van der Waals surface area (Å²) in [5.74, 6) is 0.776. The number of hydrogen-bond donors (Lipinski definition) is 1.